The maximum atomic E-state index is 5.23. The maximum Gasteiger partial charge on any atom is 0.0792 e. The van der Waals surface area contributed by atoms with E-state index < -0.39 is 0 Å². The number of anilines is 1. The lowest BCUT2D eigenvalue weighted by molar-refractivity contribution is 0.269. The summed E-state index contributed by atoms with van der Waals surface area (Å²) < 4.78 is 1.71. The molecule has 0 bridgehead atoms. The summed E-state index contributed by atoms with van der Waals surface area (Å²) in [6, 6.07) is 2.01. The Labute approximate surface area is 141 Å². The first-order valence-corrected chi connectivity index (χ1v) is 9.15. The van der Waals surface area contributed by atoms with Gasteiger partial charge in [0.15, 0.2) is 0 Å². The molecule has 4 heteroatoms. The molecule has 0 radical (unpaired) electrons. The Morgan fingerprint density at radius 2 is 1.43 bits per heavy atom. The topological polar surface area (TPSA) is 6.48 Å². The average molecular weight is 329 g/mol. The Hall–Kier alpha value is -0.320. The third-order valence-electron chi connectivity index (χ3n) is 3.43. The van der Waals surface area contributed by atoms with Crippen LogP contribution in [0.5, 0.6) is 0 Å². The predicted molar refractivity (Wildman–Crippen MR) is 101 cm³/mol. The van der Waals surface area contributed by atoms with E-state index in [0.29, 0.717) is 0 Å². The Bertz CT molecular complexity index is 430. The van der Waals surface area contributed by atoms with Gasteiger partial charge in [0.2, 0.25) is 0 Å². The summed E-state index contributed by atoms with van der Waals surface area (Å²) in [5, 5.41) is 0. The molecule has 0 aliphatic heterocycles. The van der Waals surface area contributed by atoms with E-state index >= 15 is 0 Å². The van der Waals surface area contributed by atoms with E-state index in [1.165, 1.54) is 45.3 Å². The second kappa shape index (κ2) is 12.2. The lowest BCUT2D eigenvalue weighted by Crippen LogP contribution is -2.27. The van der Waals surface area contributed by atoms with Crippen LogP contribution in [0.15, 0.2) is 6.07 Å². The fraction of sp³-hybridized carbons (Fsp3) is 0.765. The maximum absolute atomic E-state index is 5.23. The summed E-state index contributed by atoms with van der Waals surface area (Å²) in [4.78, 5) is 4.81. The molecule has 0 amide bonds. The van der Waals surface area contributed by atoms with Gasteiger partial charge in [-0.2, -0.15) is 0 Å². The molecule has 2 nitrogen and oxygen atoms in total. The van der Waals surface area contributed by atoms with Crippen LogP contribution in [0.3, 0.4) is 0 Å². The molecule has 122 valence electrons. The summed E-state index contributed by atoms with van der Waals surface area (Å²) in [6.45, 7) is 13.3. The highest BCUT2D eigenvalue weighted by Crippen LogP contribution is 2.21. The zero-order valence-electron chi connectivity index (χ0n) is 14.4. The molecular weight excluding hydrogens is 296 g/mol. The molecule has 0 spiro atoms. The highest BCUT2D eigenvalue weighted by Gasteiger charge is 2.08. The Balaban J connectivity index is 0.00000191. The van der Waals surface area contributed by atoms with Gasteiger partial charge in [0, 0.05) is 13.6 Å². The molecule has 1 aromatic carbocycles. The van der Waals surface area contributed by atoms with Crippen molar-refractivity contribution in [1.82, 2.24) is 4.90 Å². The van der Waals surface area contributed by atoms with Crippen molar-refractivity contribution in [1.29, 1.82) is 0 Å². The van der Waals surface area contributed by atoms with Gasteiger partial charge in [-0.15, -0.1) is 0 Å². The molecule has 0 fully saturated rings. The number of hydrogen-bond donors (Lipinski definition) is 0. The van der Waals surface area contributed by atoms with Gasteiger partial charge >= 0.3 is 0 Å². The van der Waals surface area contributed by atoms with Gasteiger partial charge in [-0.3, -0.25) is 0 Å². The fourth-order valence-electron chi connectivity index (χ4n) is 2.36. The minimum atomic E-state index is 0.842. The first-order chi connectivity index (χ1) is 10.1. The normalized spacial score (nSPS) is 10.6. The van der Waals surface area contributed by atoms with Crippen LogP contribution >= 0.6 is 24.4 Å². The molecular formula is C17H32N2S2. The third kappa shape index (κ3) is 7.48. The summed E-state index contributed by atoms with van der Waals surface area (Å²) in [5.74, 6) is 0. The molecule has 0 N–H and O–H groups in total. The average Bonchev–Trinajstić information content (AvgIpc) is 2.50. The van der Waals surface area contributed by atoms with Crippen LogP contribution < -0.4 is 4.90 Å². The van der Waals surface area contributed by atoms with Gasteiger partial charge in [-0.1, -0.05) is 52.1 Å². The molecule has 0 aliphatic rings. The SMILES string of the molecule is CC.CCCN(CCC)CCCCN(C)c1cc(=S)c1=S. The standard InChI is InChI=1S/C15H26N2S2.C2H6/c1-4-8-17(9-5-2)11-7-6-10-16(3)13-12-14(18)15(13)19;1-2/h12H,4-11H2,1-3H3;1-2H3. The van der Waals surface area contributed by atoms with Crippen molar-refractivity contribution in [3.05, 3.63) is 15.1 Å². The lowest BCUT2D eigenvalue weighted by Gasteiger charge is -2.23. The highest BCUT2D eigenvalue weighted by atomic mass is 32.1. The zero-order chi connectivity index (χ0) is 16.3. The van der Waals surface area contributed by atoms with Crippen molar-refractivity contribution in [3.63, 3.8) is 0 Å². The molecule has 0 aromatic heterocycles. The van der Waals surface area contributed by atoms with Crippen molar-refractivity contribution in [3.8, 4) is 0 Å². The molecule has 0 unspecified atom stereocenters. The smallest absolute Gasteiger partial charge is 0.0792 e. The van der Waals surface area contributed by atoms with Crippen LogP contribution in [0.2, 0.25) is 0 Å². The third-order valence-corrected chi connectivity index (χ3v) is 4.31. The van der Waals surface area contributed by atoms with Crippen LogP contribution in [-0.2, 0) is 0 Å². The van der Waals surface area contributed by atoms with Gasteiger partial charge < -0.3 is 9.80 Å². The number of unbranched alkanes of at least 4 members (excludes halogenated alkanes) is 1. The van der Waals surface area contributed by atoms with Crippen LogP contribution in [0.1, 0.15) is 53.4 Å². The predicted octanol–water partition coefficient (Wildman–Crippen LogP) is 5.39. The summed E-state index contributed by atoms with van der Waals surface area (Å²) >= 11 is 10.3. The molecule has 0 saturated carbocycles. The zero-order valence-corrected chi connectivity index (χ0v) is 16.1. The van der Waals surface area contributed by atoms with E-state index in [0.717, 1.165) is 21.3 Å². The van der Waals surface area contributed by atoms with E-state index in [9.17, 15) is 0 Å². The second-order valence-electron chi connectivity index (χ2n) is 5.19. The number of nitrogens with zero attached hydrogens (tertiary/aromatic N) is 2. The van der Waals surface area contributed by atoms with Crippen molar-refractivity contribution in [2.45, 2.75) is 53.4 Å². The van der Waals surface area contributed by atoms with Crippen molar-refractivity contribution >= 4 is 30.1 Å². The first kappa shape index (κ1) is 20.7. The Kier molecular flexibility index (Phi) is 12.1. The van der Waals surface area contributed by atoms with Crippen LogP contribution in [0, 0.1) is 9.02 Å². The van der Waals surface area contributed by atoms with Crippen molar-refractivity contribution < 1.29 is 0 Å². The van der Waals surface area contributed by atoms with E-state index in [4.69, 9.17) is 24.4 Å². The van der Waals surface area contributed by atoms with E-state index in [2.05, 4.69) is 30.7 Å². The molecule has 1 rings (SSSR count). The fourth-order valence-corrected chi connectivity index (χ4v) is 2.85. The van der Waals surface area contributed by atoms with Gasteiger partial charge in [-0.05, 0) is 51.4 Å². The van der Waals surface area contributed by atoms with Gasteiger partial charge in [-0.25, -0.2) is 0 Å². The van der Waals surface area contributed by atoms with E-state index in [1.807, 2.05) is 19.9 Å². The monoisotopic (exact) mass is 328 g/mol. The molecule has 0 saturated heterocycles. The minimum Gasteiger partial charge on any atom is -0.373 e. The molecule has 21 heavy (non-hydrogen) atoms. The number of rotatable bonds is 10. The van der Waals surface area contributed by atoms with E-state index in [-0.39, 0.29) is 0 Å². The molecule has 1 aromatic rings. The summed E-state index contributed by atoms with van der Waals surface area (Å²) in [6.07, 6.45) is 4.97. The van der Waals surface area contributed by atoms with Crippen LogP contribution in [0.25, 0.3) is 0 Å². The van der Waals surface area contributed by atoms with E-state index in [1.54, 1.807) is 0 Å². The minimum absolute atomic E-state index is 0.842. The van der Waals surface area contributed by atoms with Crippen LogP contribution in [0.4, 0.5) is 5.69 Å². The largest absolute Gasteiger partial charge is 0.373 e. The Morgan fingerprint density at radius 1 is 0.905 bits per heavy atom. The Morgan fingerprint density at radius 3 is 1.86 bits per heavy atom. The first-order valence-electron chi connectivity index (χ1n) is 8.34. The van der Waals surface area contributed by atoms with Gasteiger partial charge in [0.1, 0.15) is 0 Å². The van der Waals surface area contributed by atoms with Gasteiger partial charge in [0.25, 0.3) is 0 Å². The van der Waals surface area contributed by atoms with Crippen LogP contribution in [-0.4, -0.2) is 38.1 Å². The lowest BCUT2D eigenvalue weighted by atomic mass is 10.2. The van der Waals surface area contributed by atoms with Crippen molar-refractivity contribution in [2.75, 3.05) is 38.1 Å². The van der Waals surface area contributed by atoms with Gasteiger partial charge in [0.05, 0.1) is 14.7 Å². The highest BCUT2D eigenvalue weighted by molar-refractivity contribution is 7.74. The van der Waals surface area contributed by atoms with Crippen molar-refractivity contribution in [2.24, 2.45) is 0 Å². The molecule has 0 heterocycles. The molecule has 0 atom stereocenters. The second-order valence-corrected chi connectivity index (χ2v) is 6.04. The summed E-state index contributed by atoms with van der Waals surface area (Å²) in [5.41, 5.74) is 1.15. The molecule has 0 aliphatic carbocycles. The summed E-state index contributed by atoms with van der Waals surface area (Å²) in [7, 11) is 2.11. The number of hydrogen-bond acceptors (Lipinski definition) is 4. The quantitative estimate of drug-likeness (QED) is 0.419.